The Morgan fingerprint density at radius 2 is 2.26 bits per heavy atom. The molecule has 0 amide bonds. The van der Waals surface area contributed by atoms with E-state index in [1.165, 1.54) is 11.8 Å². The van der Waals surface area contributed by atoms with Gasteiger partial charge in [-0.3, -0.25) is 9.72 Å². The second-order valence-electron chi connectivity index (χ2n) is 4.94. The molecule has 0 spiro atoms. The van der Waals surface area contributed by atoms with Crippen LogP contribution in [-0.2, 0) is 0 Å². The van der Waals surface area contributed by atoms with Crippen LogP contribution < -0.4 is 5.32 Å². The van der Waals surface area contributed by atoms with E-state index in [0.29, 0.717) is 5.75 Å². The number of fused-ring (bicyclic) bond motifs is 1. The molecule has 2 rings (SSSR count). The average Bonchev–Trinajstić information content (AvgIpc) is 2.79. The van der Waals surface area contributed by atoms with Crippen LogP contribution in [0.2, 0.25) is 0 Å². The Hall–Kier alpha value is -1.58. The number of aromatic nitrogens is 3. The van der Waals surface area contributed by atoms with Crippen molar-refractivity contribution in [2.45, 2.75) is 37.5 Å². The molecule has 2 aromatic heterocycles. The molecule has 0 fully saturated rings. The van der Waals surface area contributed by atoms with Crippen LogP contribution in [0.15, 0.2) is 29.6 Å². The quantitative estimate of drug-likeness (QED) is 0.846. The third-order valence-electron chi connectivity index (χ3n) is 2.63. The Morgan fingerprint density at radius 3 is 2.95 bits per heavy atom. The minimum atomic E-state index is -0.570. The minimum absolute atomic E-state index is 0.264. The van der Waals surface area contributed by atoms with E-state index in [2.05, 4.69) is 21.6 Å². The maximum atomic E-state index is 9.31. The molecule has 100 valence electrons. The fourth-order valence-corrected chi connectivity index (χ4v) is 2.83. The lowest BCUT2D eigenvalue weighted by Crippen LogP contribution is -2.47. The van der Waals surface area contributed by atoms with E-state index in [4.69, 9.17) is 0 Å². The lowest BCUT2D eigenvalue weighted by atomic mass is 10.1. The van der Waals surface area contributed by atoms with Crippen molar-refractivity contribution in [3.05, 3.63) is 24.4 Å². The second-order valence-corrected chi connectivity index (χ2v) is 5.89. The Kier molecular flexibility index (Phi) is 4.08. The van der Waals surface area contributed by atoms with Crippen molar-refractivity contribution in [2.24, 2.45) is 0 Å². The minimum Gasteiger partial charge on any atom is -0.297 e. The van der Waals surface area contributed by atoms with E-state index in [1.807, 2.05) is 49.6 Å². The molecular formula is C13H17N5S. The number of thioether (sulfide) groups is 1. The van der Waals surface area contributed by atoms with Gasteiger partial charge in [0, 0.05) is 18.0 Å². The lowest BCUT2D eigenvalue weighted by Gasteiger charge is -2.24. The SMILES string of the molecule is CC(C)NC(C)(C#N)CSc1nnc2ccccn12. The van der Waals surface area contributed by atoms with Gasteiger partial charge in [0.05, 0.1) is 6.07 Å². The molecule has 1 unspecified atom stereocenters. The standard InChI is InChI=1S/C13H17N5S/c1-10(2)15-13(3,8-14)9-19-12-17-16-11-6-4-5-7-18(11)12/h4-7,10,15H,9H2,1-3H3. The number of nitriles is 1. The number of rotatable bonds is 5. The average molecular weight is 275 g/mol. The summed E-state index contributed by atoms with van der Waals surface area (Å²) in [7, 11) is 0. The van der Waals surface area contributed by atoms with Crippen molar-refractivity contribution in [1.82, 2.24) is 19.9 Å². The maximum absolute atomic E-state index is 9.31. The Bertz CT molecular complexity index is 600. The monoisotopic (exact) mass is 275 g/mol. The van der Waals surface area contributed by atoms with Gasteiger partial charge in [0.1, 0.15) is 5.54 Å². The molecule has 0 aliphatic carbocycles. The third-order valence-corrected chi connectivity index (χ3v) is 3.88. The summed E-state index contributed by atoms with van der Waals surface area (Å²) in [6.07, 6.45) is 1.93. The molecule has 0 aliphatic heterocycles. The van der Waals surface area contributed by atoms with Crippen LogP contribution in [-0.4, -0.2) is 31.9 Å². The fourth-order valence-electron chi connectivity index (χ4n) is 1.87. The first-order chi connectivity index (χ1) is 9.04. The summed E-state index contributed by atoms with van der Waals surface area (Å²) in [5.41, 5.74) is 0.250. The molecule has 0 saturated carbocycles. The summed E-state index contributed by atoms with van der Waals surface area (Å²) in [5.74, 6) is 0.622. The summed E-state index contributed by atoms with van der Waals surface area (Å²) in [5, 5.41) is 21.6. The second kappa shape index (κ2) is 5.59. The molecule has 2 aromatic rings. The first kappa shape index (κ1) is 13.8. The zero-order chi connectivity index (χ0) is 13.9. The topological polar surface area (TPSA) is 66.0 Å². The van der Waals surface area contributed by atoms with E-state index in [9.17, 15) is 5.26 Å². The van der Waals surface area contributed by atoms with E-state index in [0.717, 1.165) is 10.8 Å². The predicted molar refractivity (Wildman–Crippen MR) is 76.0 cm³/mol. The van der Waals surface area contributed by atoms with E-state index in [1.54, 1.807) is 0 Å². The Balaban J connectivity index is 2.12. The van der Waals surface area contributed by atoms with Crippen molar-refractivity contribution in [3.8, 4) is 6.07 Å². The highest BCUT2D eigenvalue weighted by Gasteiger charge is 2.25. The highest BCUT2D eigenvalue weighted by Crippen LogP contribution is 2.21. The van der Waals surface area contributed by atoms with Gasteiger partial charge in [-0.05, 0) is 32.9 Å². The molecule has 0 bridgehead atoms. The summed E-state index contributed by atoms with van der Waals surface area (Å²) >= 11 is 1.53. The first-order valence-corrected chi connectivity index (χ1v) is 7.14. The van der Waals surface area contributed by atoms with Crippen LogP contribution in [0.5, 0.6) is 0 Å². The highest BCUT2D eigenvalue weighted by molar-refractivity contribution is 7.99. The molecule has 19 heavy (non-hydrogen) atoms. The van der Waals surface area contributed by atoms with Crippen molar-refractivity contribution < 1.29 is 0 Å². The van der Waals surface area contributed by atoms with Gasteiger partial charge >= 0.3 is 0 Å². The number of pyridine rings is 1. The molecule has 6 heteroatoms. The summed E-state index contributed by atoms with van der Waals surface area (Å²) in [6.45, 7) is 5.97. The van der Waals surface area contributed by atoms with Gasteiger partial charge in [-0.25, -0.2) is 0 Å². The van der Waals surface area contributed by atoms with Crippen LogP contribution in [0.25, 0.3) is 5.65 Å². The molecule has 5 nitrogen and oxygen atoms in total. The predicted octanol–water partition coefficient (Wildman–Crippen LogP) is 2.10. The smallest absolute Gasteiger partial charge is 0.195 e. The summed E-state index contributed by atoms with van der Waals surface area (Å²) < 4.78 is 1.93. The van der Waals surface area contributed by atoms with Crippen LogP contribution >= 0.6 is 11.8 Å². The number of nitrogens with one attached hydrogen (secondary N) is 1. The third kappa shape index (κ3) is 3.25. The van der Waals surface area contributed by atoms with Gasteiger partial charge < -0.3 is 0 Å². The fraction of sp³-hybridized carbons (Fsp3) is 0.462. The van der Waals surface area contributed by atoms with Crippen LogP contribution in [0.4, 0.5) is 0 Å². The van der Waals surface area contributed by atoms with Crippen molar-refractivity contribution >= 4 is 17.4 Å². The van der Waals surface area contributed by atoms with Gasteiger partial charge in [0.25, 0.3) is 0 Å². The lowest BCUT2D eigenvalue weighted by molar-refractivity contribution is 0.443. The Morgan fingerprint density at radius 1 is 1.47 bits per heavy atom. The number of hydrogen-bond donors (Lipinski definition) is 1. The highest BCUT2D eigenvalue weighted by atomic mass is 32.2. The van der Waals surface area contributed by atoms with E-state index < -0.39 is 5.54 Å². The van der Waals surface area contributed by atoms with Gasteiger partial charge in [0.15, 0.2) is 10.8 Å². The molecule has 2 heterocycles. The van der Waals surface area contributed by atoms with Crippen molar-refractivity contribution in [1.29, 1.82) is 5.26 Å². The number of hydrogen-bond acceptors (Lipinski definition) is 5. The maximum Gasteiger partial charge on any atom is 0.195 e. The zero-order valence-corrected chi connectivity index (χ0v) is 12.1. The van der Waals surface area contributed by atoms with Crippen molar-refractivity contribution in [2.75, 3.05) is 5.75 Å². The van der Waals surface area contributed by atoms with E-state index in [-0.39, 0.29) is 6.04 Å². The van der Waals surface area contributed by atoms with Gasteiger partial charge in [-0.1, -0.05) is 17.8 Å². The Labute approximate surface area is 117 Å². The number of nitrogens with zero attached hydrogens (tertiary/aromatic N) is 4. The van der Waals surface area contributed by atoms with Gasteiger partial charge in [-0.2, -0.15) is 5.26 Å². The molecule has 0 aromatic carbocycles. The zero-order valence-electron chi connectivity index (χ0n) is 11.3. The van der Waals surface area contributed by atoms with Crippen LogP contribution in [0, 0.1) is 11.3 Å². The first-order valence-electron chi connectivity index (χ1n) is 6.15. The normalized spacial score (nSPS) is 14.5. The van der Waals surface area contributed by atoms with Gasteiger partial charge in [-0.15, -0.1) is 10.2 Å². The van der Waals surface area contributed by atoms with E-state index >= 15 is 0 Å². The summed E-state index contributed by atoms with van der Waals surface area (Å²) in [6, 6.07) is 8.37. The van der Waals surface area contributed by atoms with Crippen molar-refractivity contribution in [3.63, 3.8) is 0 Å². The molecule has 1 atom stereocenters. The molecule has 0 radical (unpaired) electrons. The molecule has 1 N–H and O–H groups in total. The molecule has 0 aliphatic rings. The summed E-state index contributed by atoms with van der Waals surface area (Å²) in [4.78, 5) is 0. The van der Waals surface area contributed by atoms with Crippen LogP contribution in [0.3, 0.4) is 0 Å². The van der Waals surface area contributed by atoms with Gasteiger partial charge in [0.2, 0.25) is 0 Å². The molecular weight excluding hydrogens is 258 g/mol. The largest absolute Gasteiger partial charge is 0.297 e. The molecule has 0 saturated heterocycles. The van der Waals surface area contributed by atoms with Crippen LogP contribution in [0.1, 0.15) is 20.8 Å².